The third-order valence-electron chi connectivity index (χ3n) is 3.11. The smallest absolute Gasteiger partial charge is 0.191 e. The number of hydrogen-bond acceptors (Lipinski definition) is 6. The van der Waals surface area contributed by atoms with Crippen molar-refractivity contribution in [3.8, 4) is 17.1 Å². The number of phenolic OH excluding ortho intramolecular Hbond substituents is 1. The predicted octanol–water partition coefficient (Wildman–Crippen LogP) is 2.43. The molecular formula is C15H21N3O3S. The molecule has 22 heavy (non-hydrogen) atoms. The topological polar surface area (TPSA) is 69.4 Å². The average molecular weight is 323 g/mol. The van der Waals surface area contributed by atoms with Gasteiger partial charge < -0.3 is 19.1 Å². The summed E-state index contributed by atoms with van der Waals surface area (Å²) in [5.74, 6) is 1.69. The molecule has 2 aromatic rings. The second-order valence-electron chi connectivity index (χ2n) is 4.66. The highest BCUT2D eigenvalue weighted by molar-refractivity contribution is 7.99. The Morgan fingerprint density at radius 1 is 1.14 bits per heavy atom. The molecule has 0 spiro atoms. The van der Waals surface area contributed by atoms with Gasteiger partial charge in [0.15, 0.2) is 11.0 Å². The number of benzene rings is 1. The van der Waals surface area contributed by atoms with Crippen LogP contribution in [-0.2, 0) is 16.0 Å². The zero-order chi connectivity index (χ0) is 15.8. The summed E-state index contributed by atoms with van der Waals surface area (Å²) in [7, 11) is 3.36. The van der Waals surface area contributed by atoms with Gasteiger partial charge in [0.25, 0.3) is 0 Å². The van der Waals surface area contributed by atoms with E-state index in [1.807, 2.05) is 16.7 Å². The van der Waals surface area contributed by atoms with Crippen molar-refractivity contribution in [2.45, 2.75) is 18.1 Å². The van der Waals surface area contributed by atoms with Gasteiger partial charge in [0.2, 0.25) is 0 Å². The number of aromatic hydroxyl groups is 1. The number of ether oxygens (including phenoxy) is 2. The van der Waals surface area contributed by atoms with E-state index in [1.165, 1.54) is 0 Å². The number of phenols is 1. The summed E-state index contributed by atoms with van der Waals surface area (Å²) in [6.07, 6.45) is 0.854. The molecule has 0 bridgehead atoms. The molecule has 0 unspecified atom stereocenters. The van der Waals surface area contributed by atoms with Crippen LogP contribution in [0, 0.1) is 0 Å². The summed E-state index contributed by atoms with van der Waals surface area (Å²) >= 11 is 1.59. The van der Waals surface area contributed by atoms with E-state index < -0.39 is 0 Å². The lowest BCUT2D eigenvalue weighted by atomic mass is 10.2. The summed E-state index contributed by atoms with van der Waals surface area (Å²) in [6.45, 7) is 2.06. The van der Waals surface area contributed by atoms with Crippen molar-refractivity contribution >= 4 is 11.8 Å². The maximum absolute atomic E-state index is 10.1. The van der Waals surface area contributed by atoms with Crippen LogP contribution in [0.15, 0.2) is 29.4 Å². The van der Waals surface area contributed by atoms with E-state index in [-0.39, 0.29) is 5.75 Å². The van der Waals surface area contributed by atoms with E-state index >= 15 is 0 Å². The standard InChI is InChI=1S/C15H21N3O3S/c1-20-9-5-8-18-14(12-6-3-4-7-13(12)19)16-17-15(18)22-11-10-21-2/h3-4,6-7,19H,5,8-11H2,1-2H3. The summed E-state index contributed by atoms with van der Waals surface area (Å²) in [6, 6.07) is 7.16. The molecule has 0 atom stereocenters. The molecule has 0 saturated heterocycles. The van der Waals surface area contributed by atoms with Crippen LogP contribution in [-0.4, -0.2) is 53.1 Å². The second kappa shape index (κ2) is 8.77. The summed E-state index contributed by atoms with van der Waals surface area (Å²) in [5, 5.41) is 19.4. The number of nitrogens with zero attached hydrogens (tertiary/aromatic N) is 3. The van der Waals surface area contributed by atoms with Crippen LogP contribution in [0.4, 0.5) is 0 Å². The van der Waals surface area contributed by atoms with Gasteiger partial charge in [-0.25, -0.2) is 0 Å². The van der Waals surface area contributed by atoms with Crippen LogP contribution in [0.2, 0.25) is 0 Å². The highest BCUT2D eigenvalue weighted by atomic mass is 32.2. The monoisotopic (exact) mass is 323 g/mol. The fourth-order valence-electron chi connectivity index (χ4n) is 2.04. The first-order valence-corrected chi connectivity index (χ1v) is 8.08. The minimum Gasteiger partial charge on any atom is -0.507 e. The lowest BCUT2D eigenvalue weighted by Crippen LogP contribution is -2.06. The van der Waals surface area contributed by atoms with Crippen molar-refractivity contribution in [1.29, 1.82) is 0 Å². The van der Waals surface area contributed by atoms with Crippen LogP contribution in [0.3, 0.4) is 0 Å². The fourth-order valence-corrected chi connectivity index (χ4v) is 2.91. The van der Waals surface area contributed by atoms with Crippen molar-refractivity contribution < 1.29 is 14.6 Å². The van der Waals surface area contributed by atoms with Crippen molar-refractivity contribution in [2.24, 2.45) is 0 Å². The normalized spacial score (nSPS) is 11.0. The highest BCUT2D eigenvalue weighted by Crippen LogP contribution is 2.30. The molecule has 1 aromatic carbocycles. The molecule has 1 aromatic heterocycles. The first kappa shape index (κ1) is 16.8. The van der Waals surface area contributed by atoms with Gasteiger partial charge in [0.1, 0.15) is 5.75 Å². The molecule has 0 aliphatic rings. The lowest BCUT2D eigenvalue weighted by Gasteiger charge is -2.10. The Morgan fingerprint density at radius 3 is 2.64 bits per heavy atom. The first-order valence-electron chi connectivity index (χ1n) is 7.10. The number of methoxy groups -OCH3 is 2. The molecular weight excluding hydrogens is 302 g/mol. The van der Waals surface area contributed by atoms with Gasteiger partial charge in [-0.1, -0.05) is 23.9 Å². The molecule has 1 heterocycles. The molecule has 1 N–H and O–H groups in total. The average Bonchev–Trinajstić information content (AvgIpc) is 2.91. The van der Waals surface area contributed by atoms with Crippen molar-refractivity contribution in [1.82, 2.24) is 14.8 Å². The Kier molecular flexibility index (Phi) is 6.70. The molecule has 7 heteroatoms. The quantitative estimate of drug-likeness (QED) is 0.564. The van der Waals surface area contributed by atoms with E-state index in [0.717, 1.165) is 23.9 Å². The van der Waals surface area contributed by atoms with Crippen LogP contribution in [0.5, 0.6) is 5.75 Å². The number of rotatable bonds is 9. The molecule has 6 nitrogen and oxygen atoms in total. The van der Waals surface area contributed by atoms with E-state index in [0.29, 0.717) is 24.6 Å². The van der Waals surface area contributed by atoms with Gasteiger partial charge in [-0.05, 0) is 18.6 Å². The Hall–Kier alpha value is -1.57. The third kappa shape index (κ3) is 4.22. The van der Waals surface area contributed by atoms with Crippen LogP contribution in [0.1, 0.15) is 6.42 Å². The lowest BCUT2D eigenvalue weighted by molar-refractivity contribution is 0.189. The van der Waals surface area contributed by atoms with Gasteiger partial charge in [-0.2, -0.15) is 0 Å². The van der Waals surface area contributed by atoms with Crippen LogP contribution < -0.4 is 0 Å². The van der Waals surface area contributed by atoms with Crippen molar-refractivity contribution in [3.05, 3.63) is 24.3 Å². The largest absolute Gasteiger partial charge is 0.507 e. The minimum atomic E-state index is 0.205. The Bertz CT molecular complexity index is 589. The molecule has 0 aliphatic heterocycles. The number of thioether (sulfide) groups is 1. The van der Waals surface area contributed by atoms with Crippen LogP contribution in [0.25, 0.3) is 11.4 Å². The fraction of sp³-hybridized carbons (Fsp3) is 0.467. The zero-order valence-electron chi connectivity index (χ0n) is 12.9. The third-order valence-corrected chi connectivity index (χ3v) is 4.04. The second-order valence-corrected chi connectivity index (χ2v) is 5.72. The molecule has 0 saturated carbocycles. The SMILES string of the molecule is COCCCn1c(SCCOC)nnc1-c1ccccc1O. The van der Waals surface area contributed by atoms with Gasteiger partial charge in [0, 0.05) is 33.1 Å². The Morgan fingerprint density at radius 2 is 1.91 bits per heavy atom. The molecule has 0 aliphatic carbocycles. The Balaban J connectivity index is 2.26. The van der Waals surface area contributed by atoms with Gasteiger partial charge in [-0.3, -0.25) is 0 Å². The molecule has 0 fully saturated rings. The van der Waals surface area contributed by atoms with E-state index in [4.69, 9.17) is 9.47 Å². The Labute approximate surface area is 134 Å². The number of aromatic nitrogens is 3. The van der Waals surface area contributed by atoms with E-state index in [1.54, 1.807) is 38.1 Å². The molecule has 0 radical (unpaired) electrons. The highest BCUT2D eigenvalue weighted by Gasteiger charge is 2.16. The molecule has 120 valence electrons. The number of hydrogen-bond donors (Lipinski definition) is 1. The first-order chi connectivity index (χ1) is 10.8. The van der Waals surface area contributed by atoms with E-state index in [9.17, 15) is 5.11 Å². The summed E-state index contributed by atoms with van der Waals surface area (Å²) < 4.78 is 12.2. The van der Waals surface area contributed by atoms with E-state index in [2.05, 4.69) is 10.2 Å². The maximum Gasteiger partial charge on any atom is 0.191 e. The van der Waals surface area contributed by atoms with Gasteiger partial charge in [0.05, 0.1) is 12.2 Å². The van der Waals surface area contributed by atoms with Gasteiger partial charge >= 0.3 is 0 Å². The van der Waals surface area contributed by atoms with Crippen LogP contribution >= 0.6 is 11.8 Å². The molecule has 2 rings (SSSR count). The summed E-state index contributed by atoms with van der Waals surface area (Å²) in [4.78, 5) is 0. The maximum atomic E-state index is 10.1. The zero-order valence-corrected chi connectivity index (χ0v) is 13.7. The van der Waals surface area contributed by atoms with Crippen molar-refractivity contribution in [3.63, 3.8) is 0 Å². The summed E-state index contributed by atoms with van der Waals surface area (Å²) in [5.41, 5.74) is 0.686. The number of para-hydroxylation sites is 1. The minimum absolute atomic E-state index is 0.205. The van der Waals surface area contributed by atoms with Gasteiger partial charge in [-0.15, -0.1) is 10.2 Å². The van der Waals surface area contributed by atoms with Crippen molar-refractivity contribution in [2.75, 3.05) is 33.2 Å². The predicted molar refractivity (Wildman–Crippen MR) is 86.2 cm³/mol. The molecule has 0 amide bonds.